The molecule has 0 radical (unpaired) electrons. The molecule has 0 saturated carbocycles. The molecular formula is C20H21ClN4O. The highest BCUT2D eigenvalue weighted by atomic mass is 35.5. The average Bonchev–Trinajstić information content (AvgIpc) is 3.01. The Balaban J connectivity index is 1.68. The zero-order valence-corrected chi connectivity index (χ0v) is 15.5. The fraction of sp³-hybridized carbons (Fsp3) is 0.350. The van der Waals surface area contributed by atoms with E-state index < -0.39 is 0 Å². The highest BCUT2D eigenvalue weighted by molar-refractivity contribution is 6.34. The van der Waals surface area contributed by atoms with Crippen LogP contribution in [0, 0.1) is 6.92 Å². The molecule has 0 saturated heterocycles. The summed E-state index contributed by atoms with van der Waals surface area (Å²) < 4.78 is 1.84. The van der Waals surface area contributed by atoms with Crippen LogP contribution in [0.15, 0.2) is 30.6 Å². The minimum atomic E-state index is -0.246. The first-order valence-electron chi connectivity index (χ1n) is 9.05. The molecule has 3 aromatic rings. The standard InChI is InChI=1S/C20H21ClN4O/c1-13-8-9-17(16(21)10-13)24-20(26)15-12-23-25-18-7-5-3-2-4-6-14(18)11-22-19(15)25/h8-12H,2-7H2,1H3,(H,24,26). The normalized spacial score (nSPS) is 14.5. The molecule has 0 bridgehead atoms. The lowest BCUT2D eigenvalue weighted by molar-refractivity contribution is 0.102. The molecule has 1 aliphatic carbocycles. The van der Waals surface area contributed by atoms with Gasteiger partial charge in [-0.15, -0.1) is 0 Å². The van der Waals surface area contributed by atoms with Crippen LogP contribution in [-0.4, -0.2) is 20.5 Å². The maximum atomic E-state index is 12.8. The van der Waals surface area contributed by atoms with Gasteiger partial charge in [0.25, 0.3) is 5.91 Å². The molecule has 0 fully saturated rings. The number of halogens is 1. The molecule has 0 aliphatic heterocycles. The summed E-state index contributed by atoms with van der Waals surface area (Å²) in [6.07, 6.45) is 10.3. The van der Waals surface area contributed by atoms with Gasteiger partial charge in [0.2, 0.25) is 0 Å². The quantitative estimate of drug-likeness (QED) is 0.719. The summed E-state index contributed by atoms with van der Waals surface area (Å²) in [5.41, 5.74) is 5.13. The topological polar surface area (TPSA) is 59.3 Å². The summed E-state index contributed by atoms with van der Waals surface area (Å²) in [4.78, 5) is 17.3. The van der Waals surface area contributed by atoms with Crippen molar-refractivity contribution in [2.75, 3.05) is 5.32 Å². The molecule has 134 valence electrons. The molecule has 2 aromatic heterocycles. The molecule has 1 N–H and O–H groups in total. The summed E-state index contributed by atoms with van der Waals surface area (Å²) in [6.45, 7) is 1.96. The number of aromatic nitrogens is 3. The molecular weight excluding hydrogens is 348 g/mol. The van der Waals surface area contributed by atoms with E-state index in [-0.39, 0.29) is 5.91 Å². The van der Waals surface area contributed by atoms with Crippen molar-refractivity contribution >= 4 is 28.8 Å². The molecule has 26 heavy (non-hydrogen) atoms. The van der Waals surface area contributed by atoms with E-state index in [1.807, 2.05) is 35.8 Å². The molecule has 0 atom stereocenters. The molecule has 6 heteroatoms. The van der Waals surface area contributed by atoms with E-state index in [0.29, 0.717) is 21.9 Å². The van der Waals surface area contributed by atoms with Crippen LogP contribution in [0.3, 0.4) is 0 Å². The highest BCUT2D eigenvalue weighted by Gasteiger charge is 2.19. The molecule has 4 rings (SSSR count). The third kappa shape index (κ3) is 3.19. The number of carbonyl (C=O) groups excluding carboxylic acids is 1. The lowest BCUT2D eigenvalue weighted by atomic mass is 9.98. The number of aryl methyl sites for hydroxylation is 3. The maximum absolute atomic E-state index is 12.8. The molecule has 5 nitrogen and oxygen atoms in total. The fourth-order valence-electron chi connectivity index (χ4n) is 3.52. The third-order valence-corrected chi connectivity index (χ3v) is 5.25. The molecule has 0 spiro atoms. The van der Waals surface area contributed by atoms with Gasteiger partial charge in [-0.2, -0.15) is 5.10 Å². The Labute approximate surface area is 157 Å². The molecule has 2 heterocycles. The van der Waals surface area contributed by atoms with Crippen molar-refractivity contribution in [3.63, 3.8) is 0 Å². The second-order valence-corrected chi connectivity index (χ2v) is 7.28. The first-order valence-corrected chi connectivity index (χ1v) is 9.43. The summed E-state index contributed by atoms with van der Waals surface area (Å²) >= 11 is 6.23. The van der Waals surface area contributed by atoms with Crippen molar-refractivity contribution in [1.82, 2.24) is 14.6 Å². The van der Waals surface area contributed by atoms with Crippen LogP contribution < -0.4 is 5.32 Å². The Hall–Kier alpha value is -2.40. The van der Waals surface area contributed by atoms with E-state index in [2.05, 4.69) is 15.4 Å². The monoisotopic (exact) mass is 368 g/mol. The summed E-state index contributed by atoms with van der Waals surface area (Å²) in [6, 6.07) is 5.55. The molecule has 1 aromatic carbocycles. The van der Waals surface area contributed by atoms with Crippen molar-refractivity contribution in [1.29, 1.82) is 0 Å². The summed E-state index contributed by atoms with van der Waals surface area (Å²) in [5, 5.41) is 7.86. The smallest absolute Gasteiger partial charge is 0.261 e. The second-order valence-electron chi connectivity index (χ2n) is 6.88. The van der Waals surface area contributed by atoms with Gasteiger partial charge in [0.15, 0.2) is 5.65 Å². The summed E-state index contributed by atoms with van der Waals surface area (Å²) in [5.74, 6) is -0.246. The number of hydrogen-bond acceptors (Lipinski definition) is 3. The molecule has 0 unspecified atom stereocenters. The van der Waals surface area contributed by atoms with Gasteiger partial charge in [0.1, 0.15) is 5.56 Å². The van der Waals surface area contributed by atoms with Crippen LogP contribution in [0.1, 0.15) is 52.9 Å². The minimum absolute atomic E-state index is 0.246. The number of benzene rings is 1. The number of nitrogens with zero attached hydrogens (tertiary/aromatic N) is 3. The van der Waals surface area contributed by atoms with E-state index in [4.69, 9.17) is 11.6 Å². The second kappa shape index (κ2) is 7.08. The predicted octanol–water partition coefficient (Wildman–Crippen LogP) is 4.60. The average molecular weight is 369 g/mol. The van der Waals surface area contributed by atoms with Gasteiger partial charge >= 0.3 is 0 Å². The highest BCUT2D eigenvalue weighted by Crippen LogP contribution is 2.25. The Morgan fingerprint density at radius 1 is 1.15 bits per heavy atom. The fourth-order valence-corrected chi connectivity index (χ4v) is 3.80. The Bertz CT molecular complexity index is 979. The van der Waals surface area contributed by atoms with Gasteiger partial charge in [-0.3, -0.25) is 4.79 Å². The van der Waals surface area contributed by atoms with E-state index in [1.54, 1.807) is 6.20 Å². The van der Waals surface area contributed by atoms with E-state index in [1.165, 1.54) is 30.5 Å². The van der Waals surface area contributed by atoms with Gasteiger partial charge in [-0.25, -0.2) is 9.50 Å². The maximum Gasteiger partial charge on any atom is 0.261 e. The van der Waals surface area contributed by atoms with Gasteiger partial charge in [0, 0.05) is 11.9 Å². The Kier molecular flexibility index (Phi) is 4.64. The molecule has 1 amide bonds. The number of nitrogens with one attached hydrogen (secondary N) is 1. The van der Waals surface area contributed by atoms with Crippen molar-refractivity contribution in [2.24, 2.45) is 0 Å². The number of carbonyl (C=O) groups is 1. The van der Waals surface area contributed by atoms with Gasteiger partial charge in [-0.05, 0) is 55.9 Å². The van der Waals surface area contributed by atoms with E-state index >= 15 is 0 Å². The minimum Gasteiger partial charge on any atom is -0.320 e. The Morgan fingerprint density at radius 3 is 2.77 bits per heavy atom. The van der Waals surface area contributed by atoms with E-state index in [0.717, 1.165) is 24.8 Å². The Morgan fingerprint density at radius 2 is 1.96 bits per heavy atom. The number of amides is 1. The first kappa shape index (κ1) is 17.0. The van der Waals surface area contributed by atoms with Crippen LogP contribution in [0.25, 0.3) is 5.65 Å². The van der Waals surface area contributed by atoms with Gasteiger partial charge < -0.3 is 5.32 Å². The number of anilines is 1. The third-order valence-electron chi connectivity index (χ3n) is 4.94. The molecule has 1 aliphatic rings. The predicted molar refractivity (Wildman–Crippen MR) is 103 cm³/mol. The largest absolute Gasteiger partial charge is 0.320 e. The number of hydrogen-bond donors (Lipinski definition) is 1. The van der Waals surface area contributed by atoms with Crippen molar-refractivity contribution in [2.45, 2.75) is 45.4 Å². The lowest BCUT2D eigenvalue weighted by Crippen LogP contribution is -2.13. The lowest BCUT2D eigenvalue weighted by Gasteiger charge is -2.14. The van der Waals surface area contributed by atoms with Crippen molar-refractivity contribution in [3.05, 3.63) is 58.0 Å². The first-order chi connectivity index (χ1) is 12.6. The zero-order valence-electron chi connectivity index (χ0n) is 14.8. The van der Waals surface area contributed by atoms with Crippen LogP contribution >= 0.6 is 11.6 Å². The van der Waals surface area contributed by atoms with Crippen LogP contribution in [0.2, 0.25) is 5.02 Å². The number of rotatable bonds is 2. The van der Waals surface area contributed by atoms with Crippen LogP contribution in [0.5, 0.6) is 0 Å². The van der Waals surface area contributed by atoms with Crippen molar-refractivity contribution in [3.8, 4) is 0 Å². The zero-order chi connectivity index (χ0) is 18.1. The van der Waals surface area contributed by atoms with Crippen molar-refractivity contribution < 1.29 is 4.79 Å². The number of fused-ring (bicyclic) bond motifs is 3. The van der Waals surface area contributed by atoms with E-state index in [9.17, 15) is 4.79 Å². The SMILES string of the molecule is Cc1ccc(NC(=O)c2cnn3c4c(cnc23)CCCCCC4)c(Cl)c1. The van der Waals surface area contributed by atoms with Gasteiger partial charge in [-0.1, -0.05) is 30.5 Å². The van der Waals surface area contributed by atoms with Crippen LogP contribution in [0.4, 0.5) is 5.69 Å². The summed E-state index contributed by atoms with van der Waals surface area (Å²) in [7, 11) is 0. The van der Waals surface area contributed by atoms with Gasteiger partial charge in [0.05, 0.1) is 16.9 Å². The van der Waals surface area contributed by atoms with Crippen LogP contribution in [-0.2, 0) is 12.8 Å².